The molecule has 3 rings (SSSR count). The van der Waals surface area contributed by atoms with Crippen LogP contribution in [0.5, 0.6) is 5.75 Å². The molecule has 128 valence electrons. The van der Waals surface area contributed by atoms with Crippen molar-refractivity contribution in [2.45, 2.75) is 45.2 Å². The second kappa shape index (κ2) is 7.17. The van der Waals surface area contributed by atoms with Crippen molar-refractivity contribution in [3.63, 3.8) is 0 Å². The number of hydrogen-bond acceptors (Lipinski definition) is 4. The Hall–Kier alpha value is -2.15. The SMILES string of the molecule is CC(C)c1ccc(OCC(=O)NCc2n[nH]c(=S)n2C2CC2)cc1. The average molecular weight is 346 g/mol. The minimum Gasteiger partial charge on any atom is -0.484 e. The molecule has 1 aromatic heterocycles. The van der Waals surface area contributed by atoms with E-state index in [1.165, 1.54) is 5.56 Å². The third-order valence-corrected chi connectivity index (χ3v) is 4.34. The van der Waals surface area contributed by atoms with Gasteiger partial charge in [-0.25, -0.2) is 0 Å². The largest absolute Gasteiger partial charge is 0.484 e. The molecule has 2 N–H and O–H groups in total. The zero-order valence-corrected chi connectivity index (χ0v) is 14.7. The molecule has 1 aliphatic rings. The summed E-state index contributed by atoms with van der Waals surface area (Å²) >= 11 is 5.22. The molecule has 0 atom stereocenters. The summed E-state index contributed by atoms with van der Waals surface area (Å²) in [6.45, 7) is 4.61. The molecule has 0 radical (unpaired) electrons. The fourth-order valence-corrected chi connectivity index (χ4v) is 2.80. The molecule has 6 nitrogen and oxygen atoms in total. The van der Waals surface area contributed by atoms with Crippen molar-refractivity contribution < 1.29 is 9.53 Å². The van der Waals surface area contributed by atoms with Crippen LogP contribution in [0.25, 0.3) is 0 Å². The number of aromatic nitrogens is 3. The zero-order valence-electron chi connectivity index (χ0n) is 13.9. The molecule has 1 aliphatic carbocycles. The molecule has 2 aromatic rings. The molecule has 0 aliphatic heterocycles. The Morgan fingerprint density at radius 1 is 1.42 bits per heavy atom. The van der Waals surface area contributed by atoms with Gasteiger partial charge in [-0.15, -0.1) is 0 Å². The number of carbonyl (C=O) groups is 1. The van der Waals surface area contributed by atoms with Gasteiger partial charge >= 0.3 is 0 Å². The Balaban J connectivity index is 1.48. The number of H-pyrrole nitrogens is 1. The molecule has 7 heteroatoms. The van der Waals surface area contributed by atoms with Crippen molar-refractivity contribution in [3.05, 3.63) is 40.4 Å². The smallest absolute Gasteiger partial charge is 0.258 e. The maximum Gasteiger partial charge on any atom is 0.258 e. The van der Waals surface area contributed by atoms with Gasteiger partial charge in [-0.2, -0.15) is 5.10 Å². The van der Waals surface area contributed by atoms with Crippen molar-refractivity contribution in [3.8, 4) is 5.75 Å². The zero-order chi connectivity index (χ0) is 17.1. The normalized spacial score (nSPS) is 14.0. The summed E-state index contributed by atoms with van der Waals surface area (Å²) in [6.07, 6.45) is 2.23. The highest BCUT2D eigenvalue weighted by atomic mass is 32.1. The van der Waals surface area contributed by atoms with Gasteiger partial charge in [0.1, 0.15) is 5.75 Å². The number of benzene rings is 1. The highest BCUT2D eigenvalue weighted by Crippen LogP contribution is 2.35. The molecule has 1 amide bonds. The van der Waals surface area contributed by atoms with Crippen LogP contribution < -0.4 is 10.1 Å². The molecular weight excluding hydrogens is 324 g/mol. The number of aromatic amines is 1. The van der Waals surface area contributed by atoms with Crippen LogP contribution in [0.3, 0.4) is 0 Å². The summed E-state index contributed by atoms with van der Waals surface area (Å²) in [5, 5.41) is 9.79. The Labute approximate surface area is 146 Å². The number of carbonyl (C=O) groups excluding carboxylic acids is 1. The Morgan fingerprint density at radius 3 is 2.75 bits per heavy atom. The lowest BCUT2D eigenvalue weighted by molar-refractivity contribution is -0.123. The maximum absolute atomic E-state index is 12.0. The number of nitrogens with one attached hydrogen (secondary N) is 2. The number of rotatable bonds is 7. The van der Waals surface area contributed by atoms with Crippen LogP contribution in [0.15, 0.2) is 24.3 Å². The van der Waals surface area contributed by atoms with Crippen LogP contribution in [0, 0.1) is 4.77 Å². The van der Waals surface area contributed by atoms with Gasteiger partial charge in [0, 0.05) is 6.04 Å². The van der Waals surface area contributed by atoms with Crippen LogP contribution in [0.2, 0.25) is 0 Å². The molecule has 0 spiro atoms. The number of ether oxygens (including phenoxy) is 1. The van der Waals surface area contributed by atoms with E-state index in [1.807, 2.05) is 28.8 Å². The van der Waals surface area contributed by atoms with Crippen molar-refractivity contribution >= 4 is 18.1 Å². The molecular formula is C17H22N4O2S. The summed E-state index contributed by atoms with van der Waals surface area (Å²) in [4.78, 5) is 12.0. The van der Waals surface area contributed by atoms with Gasteiger partial charge in [0.25, 0.3) is 5.91 Å². The van der Waals surface area contributed by atoms with Crippen LogP contribution in [-0.4, -0.2) is 27.3 Å². The predicted octanol–water partition coefficient (Wildman–Crippen LogP) is 3.09. The van der Waals surface area contributed by atoms with Crippen molar-refractivity contribution in [2.75, 3.05) is 6.61 Å². The molecule has 0 bridgehead atoms. The first kappa shape index (κ1) is 16.7. The van der Waals surface area contributed by atoms with Crippen LogP contribution >= 0.6 is 12.2 Å². The van der Waals surface area contributed by atoms with Gasteiger partial charge in [-0.1, -0.05) is 26.0 Å². The Kier molecular flexibility index (Phi) is 4.99. The van der Waals surface area contributed by atoms with E-state index in [-0.39, 0.29) is 12.5 Å². The number of nitrogens with zero attached hydrogens (tertiary/aromatic N) is 2. The average Bonchev–Trinajstić information content (AvgIpc) is 3.34. The van der Waals surface area contributed by atoms with E-state index < -0.39 is 0 Å². The first-order chi connectivity index (χ1) is 11.5. The maximum atomic E-state index is 12.0. The van der Waals surface area contributed by atoms with Crippen molar-refractivity contribution in [1.82, 2.24) is 20.1 Å². The number of amides is 1. The minimum absolute atomic E-state index is 0.0182. The molecule has 1 fully saturated rings. The lowest BCUT2D eigenvalue weighted by atomic mass is 10.0. The number of hydrogen-bond donors (Lipinski definition) is 2. The summed E-state index contributed by atoms with van der Waals surface area (Å²) in [7, 11) is 0. The second-order valence-electron chi connectivity index (χ2n) is 6.34. The molecule has 24 heavy (non-hydrogen) atoms. The molecule has 1 heterocycles. The molecule has 1 saturated carbocycles. The quantitative estimate of drug-likeness (QED) is 0.756. The van der Waals surface area contributed by atoms with E-state index in [2.05, 4.69) is 29.4 Å². The summed E-state index contributed by atoms with van der Waals surface area (Å²) in [6, 6.07) is 8.25. The molecule has 0 unspecified atom stereocenters. The van der Waals surface area contributed by atoms with E-state index >= 15 is 0 Å². The standard InChI is InChI=1S/C17H22N4O2S/c1-11(2)12-3-7-14(8-4-12)23-10-16(22)18-9-15-19-20-17(24)21(15)13-5-6-13/h3-4,7-8,11,13H,5-6,9-10H2,1-2H3,(H,18,22)(H,20,24). The van der Waals surface area contributed by atoms with Gasteiger partial charge in [-0.3, -0.25) is 14.5 Å². The van der Waals surface area contributed by atoms with Crippen molar-refractivity contribution in [1.29, 1.82) is 0 Å². The first-order valence-electron chi connectivity index (χ1n) is 8.20. The monoisotopic (exact) mass is 346 g/mol. The fourth-order valence-electron chi connectivity index (χ4n) is 2.50. The van der Waals surface area contributed by atoms with Gasteiger partial charge < -0.3 is 10.1 Å². The lowest BCUT2D eigenvalue weighted by Crippen LogP contribution is -2.29. The topological polar surface area (TPSA) is 71.9 Å². The minimum atomic E-state index is -0.181. The third-order valence-electron chi connectivity index (χ3n) is 4.05. The molecule has 1 aromatic carbocycles. The van der Waals surface area contributed by atoms with E-state index in [9.17, 15) is 4.79 Å². The van der Waals surface area contributed by atoms with E-state index in [0.717, 1.165) is 18.7 Å². The molecule has 0 saturated heterocycles. The van der Waals surface area contributed by atoms with Crippen LogP contribution in [0.1, 0.15) is 50.0 Å². The van der Waals surface area contributed by atoms with Crippen molar-refractivity contribution in [2.24, 2.45) is 0 Å². The Bertz CT molecular complexity index is 760. The van der Waals surface area contributed by atoms with E-state index in [0.29, 0.717) is 29.0 Å². The summed E-state index contributed by atoms with van der Waals surface area (Å²) in [5.41, 5.74) is 1.25. The second-order valence-corrected chi connectivity index (χ2v) is 6.72. The highest BCUT2D eigenvalue weighted by Gasteiger charge is 2.27. The summed E-state index contributed by atoms with van der Waals surface area (Å²) < 4.78 is 8.12. The van der Waals surface area contributed by atoms with E-state index in [1.54, 1.807) is 0 Å². The van der Waals surface area contributed by atoms with Gasteiger partial charge in [0.15, 0.2) is 17.2 Å². The van der Waals surface area contributed by atoms with Crippen LogP contribution in [-0.2, 0) is 11.3 Å². The highest BCUT2D eigenvalue weighted by molar-refractivity contribution is 7.71. The lowest BCUT2D eigenvalue weighted by Gasteiger charge is -2.10. The third kappa shape index (κ3) is 4.03. The summed E-state index contributed by atoms with van der Waals surface area (Å²) in [5.74, 6) is 1.75. The van der Waals surface area contributed by atoms with Gasteiger partial charge in [0.2, 0.25) is 0 Å². The van der Waals surface area contributed by atoms with Gasteiger partial charge in [-0.05, 0) is 48.7 Å². The van der Waals surface area contributed by atoms with Crippen LogP contribution in [0.4, 0.5) is 0 Å². The predicted molar refractivity (Wildman–Crippen MR) is 93.6 cm³/mol. The van der Waals surface area contributed by atoms with Gasteiger partial charge in [0.05, 0.1) is 6.54 Å². The van der Waals surface area contributed by atoms with E-state index in [4.69, 9.17) is 17.0 Å². The Morgan fingerprint density at radius 2 is 2.12 bits per heavy atom. The first-order valence-corrected chi connectivity index (χ1v) is 8.60. The fraction of sp³-hybridized carbons (Fsp3) is 0.471.